The highest BCUT2D eigenvalue weighted by atomic mass is 35.5. The summed E-state index contributed by atoms with van der Waals surface area (Å²) in [7, 11) is 0. The zero-order valence-corrected chi connectivity index (χ0v) is 23.8. The number of carbonyl (C=O) groups excluding carboxylic acids is 3. The van der Waals surface area contributed by atoms with Crippen molar-refractivity contribution in [3.63, 3.8) is 0 Å². The molecule has 15 heteroatoms. The molecule has 4 atom stereocenters. The van der Waals surface area contributed by atoms with Crippen LogP contribution in [-0.2, 0) is 18.9 Å². The van der Waals surface area contributed by atoms with Gasteiger partial charge in [0.15, 0.2) is 18.4 Å². The quantitative estimate of drug-likeness (QED) is 0.0933. The van der Waals surface area contributed by atoms with Crippen LogP contribution in [0, 0.1) is 0 Å². The second-order valence-electron chi connectivity index (χ2n) is 9.57. The number of nitrogens with zero attached hydrogens (tertiary/aromatic N) is 4. The monoisotopic (exact) mass is 631 g/mol. The first-order valence-corrected chi connectivity index (χ1v) is 13.6. The molecular formula is C30H22ClN5O9. The third-order valence-electron chi connectivity index (χ3n) is 6.65. The zero-order chi connectivity index (χ0) is 32.0. The highest BCUT2D eigenvalue weighted by Crippen LogP contribution is 2.42. The fraction of sp³-hybridized carbons (Fsp3) is 0.167. The Morgan fingerprint density at radius 2 is 1.51 bits per heavy atom. The Morgan fingerprint density at radius 3 is 2.11 bits per heavy atom. The van der Waals surface area contributed by atoms with Gasteiger partial charge >= 0.3 is 23.6 Å². The Kier molecular flexibility index (Phi) is 9.09. The number of azide groups is 1. The van der Waals surface area contributed by atoms with Crippen LogP contribution in [0.25, 0.3) is 10.4 Å². The van der Waals surface area contributed by atoms with Gasteiger partial charge in [-0.05, 0) is 48.0 Å². The van der Waals surface area contributed by atoms with Crippen molar-refractivity contribution in [1.29, 1.82) is 0 Å². The molecule has 2 heterocycles. The third kappa shape index (κ3) is 6.78. The van der Waals surface area contributed by atoms with Crippen molar-refractivity contribution in [1.82, 2.24) is 9.55 Å². The number of rotatable bonds is 9. The highest BCUT2D eigenvalue weighted by Gasteiger charge is 2.61. The molecule has 1 saturated heterocycles. The van der Waals surface area contributed by atoms with Crippen LogP contribution in [-0.4, -0.2) is 52.0 Å². The number of hydrogen-bond acceptors (Lipinski definition) is 10. The fourth-order valence-corrected chi connectivity index (χ4v) is 4.75. The molecule has 45 heavy (non-hydrogen) atoms. The van der Waals surface area contributed by atoms with Crippen molar-refractivity contribution in [3.8, 4) is 0 Å². The Morgan fingerprint density at radius 1 is 0.889 bits per heavy atom. The largest absolute Gasteiger partial charge is 0.459 e. The van der Waals surface area contributed by atoms with Crippen LogP contribution in [0.5, 0.6) is 0 Å². The van der Waals surface area contributed by atoms with Crippen LogP contribution in [0.2, 0.25) is 5.02 Å². The molecular weight excluding hydrogens is 610 g/mol. The summed E-state index contributed by atoms with van der Waals surface area (Å²) >= 11 is 6.00. The predicted octanol–water partition coefficient (Wildman–Crippen LogP) is 4.03. The van der Waals surface area contributed by atoms with Gasteiger partial charge in [0.25, 0.3) is 5.56 Å². The minimum atomic E-state index is -2.39. The van der Waals surface area contributed by atoms with Gasteiger partial charge in [-0.25, -0.2) is 19.2 Å². The Bertz CT molecular complexity index is 1890. The number of aromatic amines is 1. The first kappa shape index (κ1) is 30.8. The number of nitrogens with one attached hydrogen (secondary N) is 1. The van der Waals surface area contributed by atoms with Gasteiger partial charge in [-0.15, -0.1) is 0 Å². The summed E-state index contributed by atoms with van der Waals surface area (Å²) in [5.41, 5.74) is 5.70. The summed E-state index contributed by atoms with van der Waals surface area (Å²) in [4.78, 5) is 69.3. The highest BCUT2D eigenvalue weighted by molar-refractivity contribution is 6.30. The van der Waals surface area contributed by atoms with Crippen LogP contribution < -0.4 is 11.2 Å². The van der Waals surface area contributed by atoms with E-state index < -0.39 is 59.9 Å². The summed E-state index contributed by atoms with van der Waals surface area (Å²) < 4.78 is 23.9. The molecule has 14 nitrogen and oxygen atoms in total. The van der Waals surface area contributed by atoms with Crippen molar-refractivity contribution in [3.05, 3.63) is 150 Å². The lowest BCUT2D eigenvalue weighted by molar-refractivity contribution is -0.129. The smallest absolute Gasteiger partial charge is 0.338 e. The molecule has 1 aliphatic rings. The molecule has 0 amide bonds. The molecule has 1 fully saturated rings. The molecule has 0 spiro atoms. The Hall–Kier alpha value is -5.69. The van der Waals surface area contributed by atoms with E-state index in [-0.39, 0.29) is 21.7 Å². The second-order valence-corrected chi connectivity index (χ2v) is 10.0. The van der Waals surface area contributed by atoms with Gasteiger partial charge in [0, 0.05) is 22.2 Å². The number of H-pyrrole nitrogens is 1. The summed E-state index contributed by atoms with van der Waals surface area (Å²) in [5, 5.41) is 3.96. The molecule has 1 N–H and O–H groups in total. The van der Waals surface area contributed by atoms with E-state index in [1.165, 1.54) is 48.5 Å². The van der Waals surface area contributed by atoms with Gasteiger partial charge in [-0.3, -0.25) is 14.3 Å². The first-order chi connectivity index (χ1) is 21.7. The maximum Gasteiger partial charge on any atom is 0.338 e. The van der Waals surface area contributed by atoms with Crippen molar-refractivity contribution >= 4 is 29.5 Å². The van der Waals surface area contributed by atoms with E-state index in [1.54, 1.807) is 36.4 Å². The average molecular weight is 632 g/mol. The molecule has 3 aromatic carbocycles. The zero-order valence-electron chi connectivity index (χ0n) is 23.0. The van der Waals surface area contributed by atoms with E-state index in [4.69, 9.17) is 30.5 Å². The lowest BCUT2D eigenvalue weighted by Crippen LogP contribution is -2.49. The SMILES string of the molecule is [N-]=[N+]=NC1(COC(=O)c2cccc(Cl)c2)O[C@@H](n2ccc(=O)[nH]c2=O)C(OC(=O)c2ccccc2)C1OC(=O)c1ccccc1. The van der Waals surface area contributed by atoms with Crippen molar-refractivity contribution in [2.24, 2.45) is 5.11 Å². The summed E-state index contributed by atoms with van der Waals surface area (Å²) in [5.74, 6) is -2.78. The molecule has 1 aromatic heterocycles. The lowest BCUT2D eigenvalue weighted by atomic mass is 10.0. The van der Waals surface area contributed by atoms with E-state index >= 15 is 0 Å². The maximum atomic E-state index is 13.4. The van der Waals surface area contributed by atoms with Crippen molar-refractivity contribution < 1.29 is 33.3 Å². The van der Waals surface area contributed by atoms with Gasteiger partial charge in [-0.2, -0.15) is 0 Å². The average Bonchev–Trinajstić information content (AvgIpc) is 3.32. The number of carbonyl (C=O) groups is 3. The molecule has 1 aliphatic heterocycles. The normalized spacial score (nSPS) is 20.4. The van der Waals surface area contributed by atoms with Crippen LogP contribution in [0.1, 0.15) is 37.3 Å². The van der Waals surface area contributed by atoms with Gasteiger partial charge < -0.3 is 18.9 Å². The van der Waals surface area contributed by atoms with Crippen LogP contribution in [0.15, 0.2) is 112 Å². The molecule has 228 valence electrons. The number of ether oxygens (including phenoxy) is 4. The lowest BCUT2D eigenvalue weighted by Gasteiger charge is -2.29. The number of hydrogen-bond donors (Lipinski definition) is 1. The minimum absolute atomic E-state index is 0.0369. The van der Waals surface area contributed by atoms with E-state index in [2.05, 4.69) is 15.0 Å². The molecule has 0 saturated carbocycles. The summed E-state index contributed by atoms with van der Waals surface area (Å²) in [6.07, 6.45) is -4.10. The summed E-state index contributed by atoms with van der Waals surface area (Å²) in [6.45, 7) is -0.872. The van der Waals surface area contributed by atoms with Crippen LogP contribution in [0.3, 0.4) is 0 Å². The maximum absolute atomic E-state index is 13.4. The number of halogens is 1. The van der Waals surface area contributed by atoms with Crippen molar-refractivity contribution in [2.75, 3.05) is 6.61 Å². The van der Waals surface area contributed by atoms with Gasteiger partial charge in [0.1, 0.15) is 6.61 Å². The predicted molar refractivity (Wildman–Crippen MR) is 156 cm³/mol. The molecule has 5 rings (SSSR count). The Balaban J connectivity index is 1.61. The van der Waals surface area contributed by atoms with Crippen LogP contribution in [0.4, 0.5) is 0 Å². The fourth-order valence-electron chi connectivity index (χ4n) is 4.56. The van der Waals surface area contributed by atoms with Gasteiger partial charge in [0.2, 0.25) is 5.72 Å². The van der Waals surface area contributed by atoms with E-state index in [1.807, 2.05) is 0 Å². The second kappa shape index (κ2) is 13.3. The summed E-state index contributed by atoms with van der Waals surface area (Å²) in [6, 6.07) is 22.3. The van der Waals surface area contributed by atoms with Gasteiger partial charge in [0.05, 0.1) is 16.7 Å². The van der Waals surface area contributed by atoms with Gasteiger partial charge in [-0.1, -0.05) is 59.2 Å². The molecule has 0 bridgehead atoms. The molecule has 0 aliphatic carbocycles. The van der Waals surface area contributed by atoms with E-state index in [0.29, 0.717) is 0 Å². The van der Waals surface area contributed by atoms with E-state index in [9.17, 15) is 29.5 Å². The third-order valence-corrected chi connectivity index (χ3v) is 6.89. The Labute approximate surface area is 258 Å². The number of aromatic nitrogens is 2. The molecule has 3 unspecified atom stereocenters. The van der Waals surface area contributed by atoms with Crippen molar-refractivity contribution in [2.45, 2.75) is 24.2 Å². The van der Waals surface area contributed by atoms with E-state index in [0.717, 1.165) is 16.8 Å². The van der Waals surface area contributed by atoms with Crippen LogP contribution >= 0.6 is 11.6 Å². The molecule has 0 radical (unpaired) electrons. The number of benzene rings is 3. The first-order valence-electron chi connectivity index (χ1n) is 13.2. The number of esters is 3. The molecule has 4 aromatic rings. The minimum Gasteiger partial charge on any atom is -0.459 e. The topological polar surface area (TPSA) is 192 Å². The standard InChI is InChI=1S/C30H22ClN5O9/c31-21-13-7-12-20(16-21)26(38)42-17-30(34-35-32)24(44-28(40)19-10-5-2-6-11-19)23(43-27(39)18-8-3-1-4-9-18)25(45-30)36-15-14-22(37)33-29(36)41/h1-16,23-25H,17H2,(H,33,37,41)/t23?,24?,25-,30?/m1/s1.